The molecular formula is C32H50O13. The van der Waals surface area contributed by atoms with Crippen molar-refractivity contribution in [3.05, 3.63) is 12.1 Å². The molecule has 2 heterocycles. The molecule has 4 aliphatic carbocycles. The number of esters is 1. The Balaban J connectivity index is 1.25. The fourth-order valence-corrected chi connectivity index (χ4v) is 10.4. The van der Waals surface area contributed by atoms with Crippen molar-refractivity contribution in [3.63, 3.8) is 0 Å². The lowest BCUT2D eigenvalue weighted by Crippen LogP contribution is -2.63. The summed E-state index contributed by atoms with van der Waals surface area (Å²) in [5.41, 5.74) is -2.33. The Kier molecular flexibility index (Phi) is 8.10. The van der Waals surface area contributed by atoms with Crippen LogP contribution in [-0.4, -0.2) is 127 Å². The maximum atomic E-state index is 14.0. The second-order valence-corrected chi connectivity index (χ2v) is 15.1. The molecular weight excluding hydrogens is 593 g/mol. The zero-order valence-electron chi connectivity index (χ0n) is 27.8. The quantitative estimate of drug-likeness (QED) is 0.0773. The van der Waals surface area contributed by atoms with E-state index in [1.54, 1.807) is 0 Å². The van der Waals surface area contributed by atoms with Crippen molar-refractivity contribution in [1.82, 2.24) is 0 Å². The Morgan fingerprint density at radius 2 is 1.44 bits per heavy atom. The van der Waals surface area contributed by atoms with E-state index in [4.69, 9.17) is 21.7 Å². The van der Waals surface area contributed by atoms with Gasteiger partial charge >= 0.3 is 5.97 Å². The van der Waals surface area contributed by atoms with Gasteiger partial charge in [-0.1, -0.05) is 19.9 Å². The molecule has 2 saturated heterocycles. The number of rotatable bonds is 6. The first-order chi connectivity index (χ1) is 22.1. The number of carbonyl (C=O) groups excluding carboxylic acids is 1. The number of hydrogen-bond donors (Lipinski definition) is 8. The molecule has 0 aromatic rings. The summed E-state index contributed by atoms with van der Waals surface area (Å²) in [7, 11) is 0. The largest absolute Gasteiger partial charge is 0.432 e. The van der Waals surface area contributed by atoms with Crippen LogP contribution in [0.5, 0.6) is 0 Å². The SMILES string of the molecule is [2H][13C]([2H])=C1C[C@@]23CC[C@H]4[C@@](C)(CCC[C@@]4(C)C(=O)O[C@@H]4O[C@H](CO)[C@@H](O)[C@H](O)[C@H]4O)[C@@H]2CC[C@]1(O[C@@H]1O[C@H](CO)[C@@H](O)[C@H](O)[C@H]1O)C3. The van der Waals surface area contributed by atoms with Gasteiger partial charge in [0.05, 0.1) is 27.0 Å². The van der Waals surface area contributed by atoms with Crippen LogP contribution in [0.1, 0.15) is 74.4 Å². The Morgan fingerprint density at radius 3 is 2.07 bits per heavy atom. The molecule has 8 N–H and O–H groups in total. The normalized spacial score (nSPS) is 55.2. The van der Waals surface area contributed by atoms with Crippen molar-refractivity contribution in [2.24, 2.45) is 28.1 Å². The minimum Gasteiger partial charge on any atom is -0.432 e. The van der Waals surface area contributed by atoms with E-state index >= 15 is 0 Å². The third-order valence-electron chi connectivity index (χ3n) is 12.7. The summed E-state index contributed by atoms with van der Waals surface area (Å²) < 4.78 is 40.2. The third-order valence-corrected chi connectivity index (χ3v) is 12.7. The van der Waals surface area contributed by atoms with Crippen LogP contribution < -0.4 is 0 Å². The van der Waals surface area contributed by atoms with E-state index < -0.39 is 91.6 Å². The predicted octanol–water partition coefficient (Wildman–Crippen LogP) is -0.762. The van der Waals surface area contributed by atoms with Crippen LogP contribution in [-0.2, 0) is 23.7 Å². The minimum absolute atomic E-state index is 0.0804. The first-order valence-corrected chi connectivity index (χ1v) is 16.2. The molecule has 4 saturated carbocycles. The van der Waals surface area contributed by atoms with Crippen molar-refractivity contribution < 1.29 is 67.3 Å². The average Bonchev–Trinajstić information content (AvgIpc) is 3.27. The molecule has 13 nitrogen and oxygen atoms in total. The van der Waals surface area contributed by atoms with Crippen LogP contribution in [0.2, 0.25) is 0 Å². The Hall–Kier alpha value is -1.23. The number of aliphatic hydroxyl groups is 8. The van der Waals surface area contributed by atoms with Crippen molar-refractivity contribution in [3.8, 4) is 0 Å². The number of ether oxygens (including phenoxy) is 4. The molecule has 13 heteroatoms. The third kappa shape index (κ3) is 5.04. The lowest BCUT2D eigenvalue weighted by molar-refractivity contribution is -0.327. The zero-order chi connectivity index (χ0) is 34.3. The number of fused-ring (bicyclic) bond motifs is 3. The smallest absolute Gasteiger partial charge is 0.314 e. The second-order valence-electron chi connectivity index (χ2n) is 15.1. The predicted molar refractivity (Wildman–Crippen MR) is 154 cm³/mol. The topological polar surface area (TPSA) is 216 Å². The lowest BCUT2D eigenvalue weighted by atomic mass is 9.41. The number of carbonyl (C=O) groups is 1. The van der Waals surface area contributed by atoms with Crippen LogP contribution in [0.3, 0.4) is 0 Å². The maximum Gasteiger partial charge on any atom is 0.314 e. The fourth-order valence-electron chi connectivity index (χ4n) is 10.4. The van der Waals surface area contributed by atoms with Gasteiger partial charge in [-0.05, 0) is 86.5 Å². The summed E-state index contributed by atoms with van der Waals surface area (Å²) in [6.45, 7) is 2.43. The van der Waals surface area contributed by atoms with Crippen LogP contribution >= 0.6 is 0 Å². The summed E-state index contributed by atoms with van der Waals surface area (Å²) in [5, 5.41) is 81.7. The molecule has 45 heavy (non-hydrogen) atoms. The molecule has 2 aliphatic heterocycles. The molecule has 0 radical (unpaired) electrons. The van der Waals surface area contributed by atoms with Gasteiger partial charge in [-0.15, -0.1) is 0 Å². The lowest BCUT2D eigenvalue weighted by Gasteiger charge is -2.64. The van der Waals surface area contributed by atoms with Gasteiger partial charge in [-0.25, -0.2) is 0 Å². The molecule has 16 atom stereocenters. The highest BCUT2D eigenvalue weighted by molar-refractivity contribution is 5.77. The highest BCUT2D eigenvalue weighted by atomic mass is 16.7. The molecule has 6 rings (SSSR count). The summed E-state index contributed by atoms with van der Waals surface area (Å²) in [6.07, 6.45) is -9.76. The molecule has 0 aromatic carbocycles. The first kappa shape index (κ1) is 31.1. The first-order valence-electron chi connectivity index (χ1n) is 17.2. The summed E-state index contributed by atoms with van der Waals surface area (Å²) in [6, 6.07) is 0. The minimum atomic E-state index is -1.70. The molecule has 6 fully saturated rings. The van der Waals surface area contributed by atoms with Gasteiger partial charge in [-0.2, -0.15) is 0 Å². The van der Waals surface area contributed by atoms with E-state index in [9.17, 15) is 45.6 Å². The number of hydrogen-bond acceptors (Lipinski definition) is 13. The van der Waals surface area contributed by atoms with Gasteiger partial charge in [0.25, 0.3) is 0 Å². The van der Waals surface area contributed by atoms with E-state index in [0.29, 0.717) is 50.5 Å². The Bertz CT molecular complexity index is 1230. The van der Waals surface area contributed by atoms with Crippen molar-refractivity contribution in [2.45, 2.75) is 139 Å². The molecule has 256 valence electrons. The molecule has 0 amide bonds. The Labute approximate surface area is 265 Å². The van der Waals surface area contributed by atoms with Crippen molar-refractivity contribution in [1.29, 1.82) is 0 Å². The van der Waals surface area contributed by atoms with Crippen LogP contribution in [0.4, 0.5) is 0 Å². The zero-order valence-corrected chi connectivity index (χ0v) is 25.8. The molecule has 1 spiro atoms. The van der Waals surface area contributed by atoms with Crippen LogP contribution in [0.15, 0.2) is 12.1 Å². The molecule has 2 bridgehead atoms. The maximum absolute atomic E-state index is 14.0. The van der Waals surface area contributed by atoms with Crippen molar-refractivity contribution in [2.75, 3.05) is 13.2 Å². The standard InChI is InChI=1S/C32H50O13/c1-15-11-31-9-5-18-29(2,7-4-8-30(18,3)28(41)44-26-24(39)22(37)20(35)16(12-33)42-26)19(31)6-10-32(15,14-31)45-27-25(40)23(38)21(36)17(13-34)43-27/h16-27,33-40H,1,4-14H2,2-3H3/t16-,17-,18+,19+,20-,21-,22+,23+,24-,25-,26+,27+,29-,30-,31-,32+/m1/s1/i1+1D2. The van der Waals surface area contributed by atoms with E-state index in [2.05, 4.69) is 6.92 Å². The van der Waals surface area contributed by atoms with Gasteiger partial charge in [0, 0.05) is 0 Å². The molecule has 6 aliphatic rings. The van der Waals surface area contributed by atoms with E-state index in [-0.39, 0.29) is 29.2 Å². The van der Waals surface area contributed by atoms with Crippen LogP contribution in [0.25, 0.3) is 0 Å². The summed E-state index contributed by atoms with van der Waals surface area (Å²) in [5.74, 6) is -0.636. The van der Waals surface area contributed by atoms with Gasteiger partial charge in [-0.3, -0.25) is 4.79 Å². The van der Waals surface area contributed by atoms with Gasteiger partial charge in [0.2, 0.25) is 6.29 Å². The van der Waals surface area contributed by atoms with E-state index in [1.807, 2.05) is 6.92 Å². The van der Waals surface area contributed by atoms with E-state index in [1.165, 1.54) is 0 Å². The monoisotopic (exact) mass is 645 g/mol. The van der Waals surface area contributed by atoms with Gasteiger partial charge in [0.1, 0.15) is 48.8 Å². The van der Waals surface area contributed by atoms with Crippen molar-refractivity contribution >= 4 is 5.97 Å². The summed E-state index contributed by atoms with van der Waals surface area (Å²) in [4.78, 5) is 14.0. The molecule has 0 unspecified atom stereocenters. The van der Waals surface area contributed by atoms with Crippen LogP contribution in [0, 0.1) is 28.1 Å². The Morgan fingerprint density at radius 1 is 0.844 bits per heavy atom. The van der Waals surface area contributed by atoms with Gasteiger partial charge < -0.3 is 59.8 Å². The van der Waals surface area contributed by atoms with Gasteiger partial charge in [0.15, 0.2) is 6.29 Å². The molecule has 0 aromatic heterocycles. The number of aliphatic hydroxyl groups excluding tert-OH is 8. The van der Waals surface area contributed by atoms with E-state index in [0.717, 1.165) is 12.8 Å². The second kappa shape index (κ2) is 11.7. The summed E-state index contributed by atoms with van der Waals surface area (Å²) >= 11 is 0. The highest BCUT2D eigenvalue weighted by Crippen LogP contribution is 2.73. The fraction of sp³-hybridized carbons (Fsp3) is 0.906. The highest BCUT2D eigenvalue weighted by Gasteiger charge is 2.69. The average molecular weight is 646 g/mol.